The topological polar surface area (TPSA) is 21.3 Å². The molecule has 4 heteroatoms. The molecule has 1 N–H and O–H groups in total. The van der Waals surface area contributed by atoms with Gasteiger partial charge in [0, 0.05) is 18.4 Å². The summed E-state index contributed by atoms with van der Waals surface area (Å²) in [5, 5.41) is 4.28. The van der Waals surface area contributed by atoms with Crippen molar-refractivity contribution >= 4 is 31.9 Å². The van der Waals surface area contributed by atoms with E-state index in [0.29, 0.717) is 0 Å². The van der Waals surface area contributed by atoms with Crippen LogP contribution in [0.15, 0.2) is 22.7 Å². The van der Waals surface area contributed by atoms with Gasteiger partial charge >= 0.3 is 0 Å². The molecule has 0 saturated carbocycles. The molecule has 0 aliphatic rings. The molecule has 0 atom stereocenters. The minimum Gasteiger partial charge on any atom is -0.496 e. The Morgan fingerprint density at radius 3 is 2.79 bits per heavy atom. The van der Waals surface area contributed by atoms with Gasteiger partial charge in [-0.3, -0.25) is 0 Å². The number of methoxy groups -OCH3 is 1. The zero-order chi connectivity index (χ0) is 10.4. The predicted octanol–water partition coefficient (Wildman–Crippen LogP) is 2.94. The molecule has 0 aliphatic carbocycles. The Morgan fingerprint density at radius 2 is 2.21 bits per heavy atom. The smallest absolute Gasteiger partial charge is 0.133 e. The third-order valence-corrected chi connectivity index (χ3v) is 2.83. The van der Waals surface area contributed by atoms with Gasteiger partial charge in [0.25, 0.3) is 0 Å². The molecule has 0 aliphatic heterocycles. The summed E-state index contributed by atoms with van der Waals surface area (Å²) in [6.07, 6.45) is 0. The van der Waals surface area contributed by atoms with E-state index in [1.54, 1.807) is 7.11 Å². The van der Waals surface area contributed by atoms with Crippen molar-refractivity contribution in [3.63, 3.8) is 0 Å². The molecule has 0 radical (unpaired) electrons. The van der Waals surface area contributed by atoms with Gasteiger partial charge in [-0.15, -0.1) is 0 Å². The summed E-state index contributed by atoms with van der Waals surface area (Å²) in [5.74, 6) is 0.870. The highest BCUT2D eigenvalue weighted by atomic mass is 79.9. The Hall–Kier alpha value is -0.0600. The van der Waals surface area contributed by atoms with Crippen LogP contribution in [0.3, 0.4) is 0 Å². The second kappa shape index (κ2) is 6.43. The number of hydrogen-bond donors (Lipinski definition) is 1. The molecule has 0 aromatic heterocycles. The lowest BCUT2D eigenvalue weighted by Gasteiger charge is -2.06. The molecule has 78 valence electrons. The van der Waals surface area contributed by atoms with Gasteiger partial charge in [0.05, 0.1) is 11.6 Å². The van der Waals surface area contributed by atoms with Crippen LogP contribution in [0.2, 0.25) is 0 Å². The van der Waals surface area contributed by atoms with Crippen LogP contribution in [0, 0.1) is 0 Å². The monoisotopic (exact) mass is 321 g/mol. The van der Waals surface area contributed by atoms with Crippen LogP contribution in [-0.2, 0) is 6.54 Å². The maximum absolute atomic E-state index is 5.15. The van der Waals surface area contributed by atoms with E-state index in [1.807, 2.05) is 6.07 Å². The molecule has 2 nitrogen and oxygen atoms in total. The number of hydrogen-bond acceptors (Lipinski definition) is 2. The van der Waals surface area contributed by atoms with Crippen molar-refractivity contribution in [3.05, 3.63) is 28.2 Å². The van der Waals surface area contributed by atoms with Crippen LogP contribution < -0.4 is 10.1 Å². The maximum atomic E-state index is 5.15. The Bertz CT molecular complexity index is 291. The summed E-state index contributed by atoms with van der Waals surface area (Å²) in [6.45, 7) is 1.86. The van der Waals surface area contributed by atoms with Crippen molar-refractivity contribution in [2.45, 2.75) is 6.54 Å². The third-order valence-electron chi connectivity index (χ3n) is 1.82. The predicted molar refractivity (Wildman–Crippen MR) is 66.2 cm³/mol. The Morgan fingerprint density at radius 1 is 1.43 bits per heavy atom. The van der Waals surface area contributed by atoms with E-state index in [4.69, 9.17) is 4.74 Å². The van der Waals surface area contributed by atoms with Crippen molar-refractivity contribution in [3.8, 4) is 5.75 Å². The van der Waals surface area contributed by atoms with Crippen LogP contribution in [0.25, 0.3) is 0 Å². The molecule has 0 amide bonds. The molecule has 0 bridgehead atoms. The SMILES string of the molecule is COc1ccc(CNCCBr)cc1Br. The number of ether oxygens (including phenoxy) is 1. The van der Waals surface area contributed by atoms with Crippen LogP contribution >= 0.6 is 31.9 Å². The summed E-state index contributed by atoms with van der Waals surface area (Å²) >= 11 is 6.82. The van der Waals surface area contributed by atoms with Gasteiger partial charge in [0.2, 0.25) is 0 Å². The van der Waals surface area contributed by atoms with E-state index < -0.39 is 0 Å². The average Bonchev–Trinajstić information content (AvgIpc) is 2.18. The Balaban J connectivity index is 2.57. The highest BCUT2D eigenvalue weighted by Crippen LogP contribution is 2.25. The van der Waals surface area contributed by atoms with Gasteiger partial charge < -0.3 is 10.1 Å². The summed E-state index contributed by atoms with van der Waals surface area (Å²) in [7, 11) is 1.67. The second-order valence-corrected chi connectivity index (χ2v) is 4.48. The lowest BCUT2D eigenvalue weighted by Crippen LogP contribution is -2.15. The van der Waals surface area contributed by atoms with E-state index in [0.717, 1.165) is 28.6 Å². The van der Waals surface area contributed by atoms with Crippen molar-refractivity contribution in [1.82, 2.24) is 5.32 Å². The first-order valence-electron chi connectivity index (χ1n) is 4.37. The fourth-order valence-electron chi connectivity index (χ4n) is 1.12. The van der Waals surface area contributed by atoms with Gasteiger partial charge in [-0.2, -0.15) is 0 Å². The van der Waals surface area contributed by atoms with Crippen LogP contribution in [0.4, 0.5) is 0 Å². The molecule has 14 heavy (non-hydrogen) atoms. The molecule has 0 spiro atoms. The Kier molecular flexibility index (Phi) is 5.52. The van der Waals surface area contributed by atoms with Crippen molar-refractivity contribution in [2.75, 3.05) is 19.0 Å². The number of benzene rings is 1. The summed E-state index contributed by atoms with van der Waals surface area (Å²) < 4.78 is 6.15. The first-order valence-corrected chi connectivity index (χ1v) is 6.28. The quantitative estimate of drug-likeness (QED) is 0.665. The second-order valence-electron chi connectivity index (χ2n) is 2.83. The molecule has 1 rings (SSSR count). The maximum Gasteiger partial charge on any atom is 0.133 e. The minimum atomic E-state index is 0.870. The number of halogens is 2. The first-order chi connectivity index (χ1) is 6.77. The zero-order valence-electron chi connectivity index (χ0n) is 8.02. The van der Waals surface area contributed by atoms with E-state index in [1.165, 1.54) is 5.56 Å². The van der Waals surface area contributed by atoms with Crippen molar-refractivity contribution in [2.24, 2.45) is 0 Å². The molecule has 1 aromatic carbocycles. The van der Waals surface area contributed by atoms with Gasteiger partial charge in [0.1, 0.15) is 5.75 Å². The minimum absolute atomic E-state index is 0.870. The van der Waals surface area contributed by atoms with Crippen molar-refractivity contribution < 1.29 is 4.74 Å². The molecule has 0 heterocycles. The molecular formula is C10H13Br2NO. The largest absolute Gasteiger partial charge is 0.496 e. The van der Waals surface area contributed by atoms with Crippen LogP contribution in [0.1, 0.15) is 5.56 Å². The summed E-state index contributed by atoms with van der Waals surface area (Å²) in [4.78, 5) is 0. The number of nitrogens with one attached hydrogen (secondary N) is 1. The zero-order valence-corrected chi connectivity index (χ0v) is 11.2. The van der Waals surface area contributed by atoms with E-state index in [-0.39, 0.29) is 0 Å². The first kappa shape index (κ1) is 12.0. The van der Waals surface area contributed by atoms with Gasteiger partial charge in [-0.25, -0.2) is 0 Å². The van der Waals surface area contributed by atoms with E-state index in [2.05, 4.69) is 49.3 Å². The number of alkyl halides is 1. The standard InChI is InChI=1S/C10H13Br2NO/c1-14-10-3-2-8(6-9(10)12)7-13-5-4-11/h2-3,6,13H,4-5,7H2,1H3. The Labute approximate surface area is 101 Å². The third kappa shape index (κ3) is 3.59. The average molecular weight is 323 g/mol. The van der Waals surface area contributed by atoms with Crippen molar-refractivity contribution in [1.29, 1.82) is 0 Å². The highest BCUT2D eigenvalue weighted by molar-refractivity contribution is 9.10. The fourth-order valence-corrected chi connectivity index (χ4v) is 1.99. The highest BCUT2D eigenvalue weighted by Gasteiger charge is 2.00. The molecule has 0 unspecified atom stereocenters. The molecule has 1 aromatic rings. The van der Waals surface area contributed by atoms with Crippen LogP contribution in [-0.4, -0.2) is 19.0 Å². The lowest BCUT2D eigenvalue weighted by molar-refractivity contribution is 0.412. The van der Waals surface area contributed by atoms with Crippen LogP contribution in [0.5, 0.6) is 5.75 Å². The van der Waals surface area contributed by atoms with E-state index >= 15 is 0 Å². The number of rotatable bonds is 5. The summed E-state index contributed by atoms with van der Waals surface area (Å²) in [6, 6.07) is 6.10. The van der Waals surface area contributed by atoms with Gasteiger partial charge in [-0.1, -0.05) is 22.0 Å². The van der Waals surface area contributed by atoms with Gasteiger partial charge in [-0.05, 0) is 33.6 Å². The lowest BCUT2D eigenvalue weighted by atomic mass is 10.2. The molecular weight excluding hydrogens is 310 g/mol. The summed E-state index contributed by atoms with van der Waals surface area (Å²) in [5.41, 5.74) is 1.25. The molecule has 0 saturated heterocycles. The van der Waals surface area contributed by atoms with E-state index in [9.17, 15) is 0 Å². The van der Waals surface area contributed by atoms with Gasteiger partial charge in [0.15, 0.2) is 0 Å². The normalized spacial score (nSPS) is 10.2. The fraction of sp³-hybridized carbons (Fsp3) is 0.400. The molecule has 0 fully saturated rings.